The lowest BCUT2D eigenvalue weighted by atomic mass is 10.1. The molecule has 8 nitrogen and oxygen atoms in total. The Morgan fingerprint density at radius 1 is 1.30 bits per heavy atom. The van der Waals surface area contributed by atoms with Gasteiger partial charge in [0.05, 0.1) is 12.6 Å². The van der Waals surface area contributed by atoms with E-state index in [-0.39, 0.29) is 12.1 Å². The number of hydrogen-bond acceptors (Lipinski definition) is 7. The van der Waals surface area contributed by atoms with Crippen LogP contribution in [-0.2, 0) is 6.54 Å². The van der Waals surface area contributed by atoms with E-state index in [1.807, 2.05) is 30.9 Å². The zero-order chi connectivity index (χ0) is 19.0. The van der Waals surface area contributed by atoms with Crippen molar-refractivity contribution in [2.24, 2.45) is 0 Å². The zero-order valence-corrected chi connectivity index (χ0v) is 15.3. The Hall–Kier alpha value is -3.00. The third kappa shape index (κ3) is 3.35. The average molecular weight is 367 g/mol. The van der Waals surface area contributed by atoms with Crippen LogP contribution in [0, 0.1) is 13.8 Å². The fourth-order valence-corrected chi connectivity index (χ4v) is 3.32. The SMILES string of the molecule is Cc1ccc(-c2noc(C)c2Cn2nccc(N3CC[C@H](O)C3)c2=O)cn1. The summed E-state index contributed by atoms with van der Waals surface area (Å²) >= 11 is 0. The molecule has 1 saturated heterocycles. The van der Waals surface area contributed by atoms with Crippen LogP contribution in [-0.4, -0.2) is 44.2 Å². The molecule has 0 bridgehead atoms. The van der Waals surface area contributed by atoms with Gasteiger partial charge in [0.15, 0.2) is 0 Å². The molecule has 140 valence electrons. The lowest BCUT2D eigenvalue weighted by molar-refractivity contribution is 0.198. The Morgan fingerprint density at radius 3 is 2.85 bits per heavy atom. The normalized spacial score (nSPS) is 16.9. The molecule has 1 atom stereocenters. The summed E-state index contributed by atoms with van der Waals surface area (Å²) in [5, 5.41) is 18.1. The second kappa shape index (κ2) is 6.96. The molecular formula is C19H21N5O3. The summed E-state index contributed by atoms with van der Waals surface area (Å²) in [5.41, 5.74) is 3.57. The van der Waals surface area contributed by atoms with E-state index in [9.17, 15) is 9.90 Å². The predicted octanol–water partition coefficient (Wildman–Crippen LogP) is 1.53. The van der Waals surface area contributed by atoms with Gasteiger partial charge < -0.3 is 14.5 Å². The van der Waals surface area contributed by atoms with E-state index in [0.29, 0.717) is 36.7 Å². The van der Waals surface area contributed by atoms with E-state index in [4.69, 9.17) is 4.52 Å². The highest BCUT2D eigenvalue weighted by Crippen LogP contribution is 2.25. The Labute approximate surface area is 156 Å². The summed E-state index contributed by atoms with van der Waals surface area (Å²) < 4.78 is 6.78. The van der Waals surface area contributed by atoms with Gasteiger partial charge in [0, 0.05) is 42.3 Å². The van der Waals surface area contributed by atoms with Crippen molar-refractivity contribution >= 4 is 5.69 Å². The molecule has 0 amide bonds. The highest BCUT2D eigenvalue weighted by Gasteiger charge is 2.24. The first-order chi connectivity index (χ1) is 13.0. The molecule has 1 fully saturated rings. The summed E-state index contributed by atoms with van der Waals surface area (Å²) in [6.45, 7) is 5.11. The van der Waals surface area contributed by atoms with E-state index in [1.54, 1.807) is 18.5 Å². The molecule has 1 aliphatic rings. The van der Waals surface area contributed by atoms with E-state index in [1.165, 1.54) is 4.68 Å². The number of nitrogens with zero attached hydrogens (tertiary/aromatic N) is 5. The Kier molecular flexibility index (Phi) is 4.49. The largest absolute Gasteiger partial charge is 0.391 e. The minimum absolute atomic E-state index is 0.194. The number of aromatic nitrogens is 4. The van der Waals surface area contributed by atoms with Crippen LogP contribution in [0.1, 0.15) is 23.4 Å². The first kappa shape index (κ1) is 17.4. The van der Waals surface area contributed by atoms with Crippen LogP contribution in [0.5, 0.6) is 0 Å². The highest BCUT2D eigenvalue weighted by atomic mass is 16.5. The van der Waals surface area contributed by atoms with Crippen LogP contribution in [0.3, 0.4) is 0 Å². The monoisotopic (exact) mass is 367 g/mol. The van der Waals surface area contributed by atoms with E-state index < -0.39 is 6.10 Å². The topological polar surface area (TPSA) is 97.3 Å². The molecule has 0 unspecified atom stereocenters. The predicted molar refractivity (Wildman–Crippen MR) is 99.6 cm³/mol. The minimum atomic E-state index is -0.396. The van der Waals surface area contributed by atoms with Crippen molar-refractivity contribution < 1.29 is 9.63 Å². The Balaban J connectivity index is 1.68. The summed E-state index contributed by atoms with van der Waals surface area (Å²) in [7, 11) is 0. The van der Waals surface area contributed by atoms with Gasteiger partial charge in [0.1, 0.15) is 17.1 Å². The quantitative estimate of drug-likeness (QED) is 0.747. The summed E-state index contributed by atoms with van der Waals surface area (Å²) in [6, 6.07) is 5.54. The highest BCUT2D eigenvalue weighted by molar-refractivity contribution is 5.62. The first-order valence-electron chi connectivity index (χ1n) is 8.90. The van der Waals surface area contributed by atoms with Crippen molar-refractivity contribution in [3.8, 4) is 11.3 Å². The second-order valence-corrected chi connectivity index (χ2v) is 6.82. The number of rotatable bonds is 4. The number of aliphatic hydroxyl groups excluding tert-OH is 1. The van der Waals surface area contributed by atoms with Crippen LogP contribution in [0.4, 0.5) is 5.69 Å². The molecule has 0 saturated carbocycles. The van der Waals surface area contributed by atoms with Gasteiger partial charge in [-0.25, -0.2) is 4.68 Å². The van der Waals surface area contributed by atoms with Gasteiger partial charge in [0.25, 0.3) is 5.56 Å². The van der Waals surface area contributed by atoms with E-state index >= 15 is 0 Å². The molecule has 4 heterocycles. The van der Waals surface area contributed by atoms with Gasteiger partial charge in [-0.2, -0.15) is 5.10 Å². The first-order valence-corrected chi connectivity index (χ1v) is 8.90. The van der Waals surface area contributed by atoms with Crippen molar-refractivity contribution in [1.29, 1.82) is 0 Å². The smallest absolute Gasteiger partial charge is 0.290 e. The van der Waals surface area contributed by atoms with Crippen molar-refractivity contribution in [2.75, 3.05) is 18.0 Å². The molecule has 8 heteroatoms. The van der Waals surface area contributed by atoms with Crippen molar-refractivity contribution in [2.45, 2.75) is 32.9 Å². The van der Waals surface area contributed by atoms with Crippen LogP contribution >= 0.6 is 0 Å². The van der Waals surface area contributed by atoms with Gasteiger partial charge in [-0.3, -0.25) is 9.78 Å². The summed E-state index contributed by atoms with van der Waals surface area (Å²) in [5.74, 6) is 0.640. The molecule has 3 aromatic rings. The molecule has 27 heavy (non-hydrogen) atoms. The second-order valence-electron chi connectivity index (χ2n) is 6.82. The lowest BCUT2D eigenvalue weighted by Gasteiger charge is -2.17. The van der Waals surface area contributed by atoms with Gasteiger partial charge in [-0.05, 0) is 38.5 Å². The van der Waals surface area contributed by atoms with Crippen molar-refractivity contribution in [3.63, 3.8) is 0 Å². The van der Waals surface area contributed by atoms with E-state index in [2.05, 4.69) is 15.2 Å². The van der Waals surface area contributed by atoms with Gasteiger partial charge in [-0.1, -0.05) is 5.16 Å². The molecular weight excluding hydrogens is 346 g/mol. The molecule has 1 aliphatic heterocycles. The van der Waals surface area contributed by atoms with Crippen LogP contribution in [0.25, 0.3) is 11.3 Å². The third-order valence-electron chi connectivity index (χ3n) is 4.87. The van der Waals surface area contributed by atoms with Crippen LogP contribution in [0.2, 0.25) is 0 Å². The van der Waals surface area contributed by atoms with E-state index in [0.717, 1.165) is 16.8 Å². The minimum Gasteiger partial charge on any atom is -0.391 e. The zero-order valence-electron chi connectivity index (χ0n) is 15.3. The molecule has 0 radical (unpaired) electrons. The summed E-state index contributed by atoms with van der Waals surface area (Å²) in [6.07, 6.45) is 3.62. The Bertz CT molecular complexity index is 1010. The maximum atomic E-state index is 12.9. The van der Waals surface area contributed by atoms with Crippen molar-refractivity contribution in [1.82, 2.24) is 19.9 Å². The lowest BCUT2D eigenvalue weighted by Crippen LogP contribution is -2.32. The van der Waals surface area contributed by atoms with Crippen LogP contribution < -0.4 is 10.5 Å². The molecule has 0 aliphatic carbocycles. The average Bonchev–Trinajstić information content (AvgIpc) is 3.24. The Morgan fingerprint density at radius 2 is 2.15 bits per heavy atom. The maximum Gasteiger partial charge on any atom is 0.290 e. The van der Waals surface area contributed by atoms with Crippen LogP contribution in [0.15, 0.2) is 39.9 Å². The van der Waals surface area contributed by atoms with Gasteiger partial charge in [-0.15, -0.1) is 0 Å². The number of hydrogen-bond donors (Lipinski definition) is 1. The van der Waals surface area contributed by atoms with Crippen molar-refractivity contribution in [3.05, 3.63) is 58.0 Å². The molecule has 4 rings (SSSR count). The molecule has 0 spiro atoms. The summed E-state index contributed by atoms with van der Waals surface area (Å²) in [4.78, 5) is 19.1. The fourth-order valence-electron chi connectivity index (χ4n) is 3.32. The standard InChI is InChI=1S/C19H21N5O3/c1-12-3-4-14(9-20-12)18-16(13(2)27-22-18)11-24-19(26)17(5-7-21-24)23-8-6-15(25)10-23/h3-5,7,9,15,25H,6,8,10-11H2,1-2H3/t15-/m0/s1. The number of aryl methyl sites for hydroxylation is 2. The number of anilines is 1. The number of aliphatic hydroxyl groups is 1. The molecule has 1 N–H and O–H groups in total. The fraction of sp³-hybridized carbons (Fsp3) is 0.368. The maximum absolute atomic E-state index is 12.9. The van der Waals surface area contributed by atoms with Gasteiger partial charge in [0.2, 0.25) is 0 Å². The molecule has 0 aromatic carbocycles. The third-order valence-corrected chi connectivity index (χ3v) is 4.87. The molecule has 3 aromatic heterocycles. The number of β-amino-alcohol motifs (C(OH)–C–C–N with tert-alkyl or cyclic N) is 1. The van der Waals surface area contributed by atoms with Gasteiger partial charge >= 0.3 is 0 Å². The number of pyridine rings is 1.